The minimum atomic E-state index is -3.44. The minimum Gasteiger partial charge on any atom is -0.491 e. The fraction of sp³-hybridized carbons (Fsp3) is 0.350. The first-order valence-corrected chi connectivity index (χ1v) is 10.3. The molecule has 146 valence electrons. The summed E-state index contributed by atoms with van der Waals surface area (Å²) in [6, 6.07) is 14.3. The maximum absolute atomic E-state index is 12.3. The van der Waals surface area contributed by atoms with E-state index in [4.69, 9.17) is 4.74 Å². The van der Waals surface area contributed by atoms with Gasteiger partial charge in [-0.05, 0) is 49.7 Å². The van der Waals surface area contributed by atoms with Crippen molar-refractivity contribution in [1.82, 2.24) is 9.62 Å². The maximum atomic E-state index is 12.3. The number of carbonyl (C=O) groups excluding carboxylic acids is 1. The molecule has 0 saturated heterocycles. The molecule has 0 unspecified atom stereocenters. The first kappa shape index (κ1) is 20.9. The standard InChI is InChI=1S/C20H26N2O4S/c1-16-6-4-5-7-19(16)26-15-14-22(3)20(23)13-10-17-8-11-18(12-9-17)27(24,25)21-2/h4-9,11-12,21H,10,13-15H2,1-3H3. The molecule has 0 fully saturated rings. The van der Waals surface area contributed by atoms with Crippen LogP contribution in [0, 0.1) is 6.92 Å². The Hall–Kier alpha value is -2.38. The van der Waals surface area contributed by atoms with Gasteiger partial charge in [-0.3, -0.25) is 4.79 Å². The van der Waals surface area contributed by atoms with Crippen molar-refractivity contribution >= 4 is 15.9 Å². The van der Waals surface area contributed by atoms with Crippen LogP contribution in [0.3, 0.4) is 0 Å². The summed E-state index contributed by atoms with van der Waals surface area (Å²) in [6.07, 6.45) is 0.917. The Kier molecular flexibility index (Phi) is 7.38. The highest BCUT2D eigenvalue weighted by molar-refractivity contribution is 7.89. The van der Waals surface area contributed by atoms with Gasteiger partial charge >= 0.3 is 0 Å². The van der Waals surface area contributed by atoms with Gasteiger partial charge in [0, 0.05) is 13.5 Å². The summed E-state index contributed by atoms with van der Waals surface area (Å²) in [5.41, 5.74) is 1.98. The van der Waals surface area contributed by atoms with E-state index >= 15 is 0 Å². The summed E-state index contributed by atoms with van der Waals surface area (Å²) in [5, 5.41) is 0. The van der Waals surface area contributed by atoms with Crippen molar-refractivity contribution in [3.05, 3.63) is 59.7 Å². The average Bonchev–Trinajstić information content (AvgIpc) is 2.67. The van der Waals surface area contributed by atoms with Gasteiger partial charge in [0.25, 0.3) is 0 Å². The molecule has 0 aliphatic carbocycles. The number of amides is 1. The molecule has 0 atom stereocenters. The van der Waals surface area contributed by atoms with Crippen molar-refractivity contribution in [2.24, 2.45) is 0 Å². The number of hydrogen-bond acceptors (Lipinski definition) is 4. The molecule has 0 saturated carbocycles. The van der Waals surface area contributed by atoms with E-state index < -0.39 is 10.0 Å². The van der Waals surface area contributed by atoms with Crippen LogP contribution >= 0.6 is 0 Å². The number of nitrogens with one attached hydrogen (secondary N) is 1. The molecule has 2 aromatic carbocycles. The lowest BCUT2D eigenvalue weighted by atomic mass is 10.1. The van der Waals surface area contributed by atoms with Crippen molar-refractivity contribution in [3.8, 4) is 5.75 Å². The van der Waals surface area contributed by atoms with Crippen LogP contribution in [-0.4, -0.2) is 46.5 Å². The summed E-state index contributed by atoms with van der Waals surface area (Å²) < 4.78 is 31.4. The second-order valence-electron chi connectivity index (χ2n) is 6.28. The number of hydrogen-bond donors (Lipinski definition) is 1. The number of ether oxygens (including phenoxy) is 1. The number of likely N-dealkylation sites (N-methyl/N-ethyl adjacent to an activating group) is 1. The number of sulfonamides is 1. The van der Waals surface area contributed by atoms with Crippen LogP contribution in [0.4, 0.5) is 0 Å². The predicted molar refractivity (Wildman–Crippen MR) is 105 cm³/mol. The van der Waals surface area contributed by atoms with E-state index in [0.29, 0.717) is 26.0 Å². The smallest absolute Gasteiger partial charge is 0.240 e. The van der Waals surface area contributed by atoms with Crippen LogP contribution in [0.2, 0.25) is 0 Å². The molecule has 0 heterocycles. The van der Waals surface area contributed by atoms with E-state index in [0.717, 1.165) is 16.9 Å². The van der Waals surface area contributed by atoms with E-state index in [9.17, 15) is 13.2 Å². The number of para-hydroxylation sites is 1. The van der Waals surface area contributed by atoms with Crippen molar-refractivity contribution in [3.63, 3.8) is 0 Å². The number of nitrogens with zero attached hydrogens (tertiary/aromatic N) is 1. The molecule has 0 aliphatic heterocycles. The Labute approximate surface area is 161 Å². The van der Waals surface area contributed by atoms with Crippen molar-refractivity contribution in [2.45, 2.75) is 24.7 Å². The van der Waals surface area contributed by atoms with Gasteiger partial charge in [-0.15, -0.1) is 0 Å². The molecule has 0 spiro atoms. The zero-order chi connectivity index (χ0) is 19.9. The number of rotatable bonds is 9. The Morgan fingerprint density at radius 1 is 1.11 bits per heavy atom. The third-order valence-electron chi connectivity index (χ3n) is 4.33. The maximum Gasteiger partial charge on any atom is 0.240 e. The average molecular weight is 391 g/mol. The normalized spacial score (nSPS) is 11.2. The van der Waals surface area contributed by atoms with Gasteiger partial charge in [0.2, 0.25) is 15.9 Å². The zero-order valence-electron chi connectivity index (χ0n) is 15.9. The lowest BCUT2D eigenvalue weighted by Gasteiger charge is -2.18. The molecule has 0 radical (unpaired) electrons. The number of benzene rings is 2. The topological polar surface area (TPSA) is 75.7 Å². The predicted octanol–water partition coefficient (Wildman–Crippen LogP) is 2.37. The highest BCUT2D eigenvalue weighted by Crippen LogP contribution is 2.16. The van der Waals surface area contributed by atoms with E-state index in [2.05, 4.69) is 4.72 Å². The molecule has 1 N–H and O–H groups in total. The molecule has 7 heteroatoms. The number of aryl methyl sites for hydroxylation is 2. The Bertz CT molecular complexity index is 864. The van der Waals surface area contributed by atoms with Gasteiger partial charge in [0.1, 0.15) is 12.4 Å². The third kappa shape index (κ3) is 6.08. The van der Waals surface area contributed by atoms with E-state index in [1.807, 2.05) is 31.2 Å². The van der Waals surface area contributed by atoms with Crippen molar-refractivity contribution in [2.75, 3.05) is 27.2 Å². The lowest BCUT2D eigenvalue weighted by molar-refractivity contribution is -0.130. The van der Waals surface area contributed by atoms with Gasteiger partial charge in [-0.2, -0.15) is 0 Å². The minimum absolute atomic E-state index is 0.0234. The largest absolute Gasteiger partial charge is 0.491 e. The van der Waals surface area contributed by atoms with Gasteiger partial charge in [-0.25, -0.2) is 13.1 Å². The van der Waals surface area contributed by atoms with E-state index in [1.54, 1.807) is 36.2 Å². The Morgan fingerprint density at radius 2 is 1.78 bits per heavy atom. The van der Waals surface area contributed by atoms with Crippen LogP contribution in [0.5, 0.6) is 5.75 Å². The summed E-state index contributed by atoms with van der Waals surface area (Å²) in [4.78, 5) is 14.1. The highest BCUT2D eigenvalue weighted by atomic mass is 32.2. The molecule has 0 bridgehead atoms. The van der Waals surface area contributed by atoms with Gasteiger partial charge in [0.05, 0.1) is 11.4 Å². The second-order valence-corrected chi connectivity index (χ2v) is 8.17. The van der Waals surface area contributed by atoms with Crippen LogP contribution < -0.4 is 9.46 Å². The van der Waals surface area contributed by atoms with E-state index in [-0.39, 0.29) is 10.8 Å². The fourth-order valence-electron chi connectivity index (χ4n) is 2.53. The second kappa shape index (κ2) is 9.53. The van der Waals surface area contributed by atoms with Gasteiger partial charge < -0.3 is 9.64 Å². The quantitative estimate of drug-likeness (QED) is 0.713. The summed E-state index contributed by atoms with van der Waals surface area (Å²) in [7, 11) is -0.303. The molecule has 1 amide bonds. The Morgan fingerprint density at radius 3 is 2.41 bits per heavy atom. The van der Waals surface area contributed by atoms with Gasteiger partial charge in [0.15, 0.2) is 0 Å². The van der Waals surface area contributed by atoms with Crippen molar-refractivity contribution < 1.29 is 17.9 Å². The van der Waals surface area contributed by atoms with E-state index in [1.165, 1.54) is 7.05 Å². The zero-order valence-corrected chi connectivity index (χ0v) is 16.8. The van der Waals surface area contributed by atoms with Crippen LogP contribution in [0.15, 0.2) is 53.4 Å². The molecular weight excluding hydrogens is 364 g/mol. The third-order valence-corrected chi connectivity index (χ3v) is 5.76. The summed E-state index contributed by atoms with van der Waals surface area (Å²) in [6.45, 7) is 2.92. The van der Waals surface area contributed by atoms with Crippen molar-refractivity contribution in [1.29, 1.82) is 0 Å². The summed E-state index contributed by atoms with van der Waals surface area (Å²) >= 11 is 0. The van der Waals surface area contributed by atoms with Crippen LogP contribution in [-0.2, 0) is 21.2 Å². The molecule has 0 aliphatic rings. The lowest BCUT2D eigenvalue weighted by Crippen LogP contribution is -2.31. The molecule has 2 aromatic rings. The highest BCUT2D eigenvalue weighted by Gasteiger charge is 2.12. The Balaban J connectivity index is 1.78. The molecule has 27 heavy (non-hydrogen) atoms. The van der Waals surface area contributed by atoms with Crippen LogP contribution in [0.25, 0.3) is 0 Å². The van der Waals surface area contributed by atoms with Gasteiger partial charge in [-0.1, -0.05) is 30.3 Å². The fourth-order valence-corrected chi connectivity index (χ4v) is 3.26. The number of carbonyl (C=O) groups is 1. The first-order valence-electron chi connectivity index (χ1n) is 8.78. The first-order chi connectivity index (χ1) is 12.8. The molecule has 6 nitrogen and oxygen atoms in total. The molecule has 2 rings (SSSR count). The van der Waals surface area contributed by atoms with Crippen LogP contribution in [0.1, 0.15) is 17.5 Å². The summed E-state index contributed by atoms with van der Waals surface area (Å²) in [5.74, 6) is 0.852. The monoisotopic (exact) mass is 390 g/mol. The molecule has 0 aromatic heterocycles. The molecular formula is C20H26N2O4S. The SMILES string of the molecule is CNS(=O)(=O)c1ccc(CCC(=O)N(C)CCOc2ccccc2C)cc1.